The Morgan fingerprint density at radius 2 is 2.13 bits per heavy atom. The molecule has 162 valence electrons. The lowest BCUT2D eigenvalue weighted by atomic mass is 10.0. The minimum atomic E-state index is -0.470. The number of hydrogen-bond acceptors (Lipinski definition) is 5. The normalized spacial score (nSPS) is 21.3. The molecule has 0 saturated carbocycles. The lowest BCUT2D eigenvalue weighted by molar-refractivity contribution is 0.247. The van der Waals surface area contributed by atoms with Gasteiger partial charge in [0.25, 0.3) is 0 Å². The number of aliphatic hydroxyl groups is 1. The fourth-order valence-corrected chi connectivity index (χ4v) is 4.46. The summed E-state index contributed by atoms with van der Waals surface area (Å²) in [6, 6.07) is 4.58. The van der Waals surface area contributed by atoms with Crippen molar-refractivity contribution in [3.63, 3.8) is 0 Å². The Bertz CT molecular complexity index is 1140. The molecule has 0 bridgehead atoms. The molecule has 1 aromatic carbocycles. The Hall–Kier alpha value is -3.27. The van der Waals surface area contributed by atoms with E-state index in [2.05, 4.69) is 10.4 Å². The molecule has 8 nitrogen and oxygen atoms in total. The van der Waals surface area contributed by atoms with Crippen molar-refractivity contribution in [3.05, 3.63) is 53.9 Å². The highest BCUT2D eigenvalue weighted by atomic mass is 19.1. The summed E-state index contributed by atoms with van der Waals surface area (Å²) in [6.45, 7) is 1.06. The molecule has 4 heterocycles. The molecule has 3 aromatic rings. The van der Waals surface area contributed by atoms with Crippen LogP contribution in [0, 0.1) is 11.6 Å². The number of halogens is 2. The summed E-state index contributed by atoms with van der Waals surface area (Å²) in [7, 11) is 0. The quantitative estimate of drug-likeness (QED) is 0.653. The van der Waals surface area contributed by atoms with Crippen molar-refractivity contribution in [1.29, 1.82) is 0 Å². The van der Waals surface area contributed by atoms with Crippen LogP contribution in [0.2, 0.25) is 0 Å². The second-order valence-electron chi connectivity index (χ2n) is 7.87. The number of aromatic nitrogens is 3. The van der Waals surface area contributed by atoms with E-state index in [-0.39, 0.29) is 24.7 Å². The summed E-state index contributed by atoms with van der Waals surface area (Å²) >= 11 is 0. The highest BCUT2D eigenvalue weighted by Crippen LogP contribution is 2.37. The molecule has 10 heteroatoms. The van der Waals surface area contributed by atoms with Crippen molar-refractivity contribution in [1.82, 2.24) is 19.9 Å². The molecule has 2 amide bonds. The minimum Gasteiger partial charge on any atom is -0.396 e. The smallest absolute Gasteiger partial charge is 0.322 e. The highest BCUT2D eigenvalue weighted by molar-refractivity contribution is 5.97. The number of fused-ring (bicyclic) bond motifs is 1. The first-order valence-corrected chi connectivity index (χ1v) is 10.3. The monoisotopic (exact) mass is 428 g/mol. The number of benzene rings is 1. The van der Waals surface area contributed by atoms with E-state index in [1.165, 1.54) is 6.07 Å². The molecule has 0 spiro atoms. The fraction of sp³-hybridized carbons (Fsp3) is 0.381. The van der Waals surface area contributed by atoms with Crippen LogP contribution in [-0.4, -0.2) is 51.5 Å². The van der Waals surface area contributed by atoms with Gasteiger partial charge in [0.2, 0.25) is 0 Å². The average Bonchev–Trinajstić information content (AvgIpc) is 3.47. The number of aliphatic hydroxyl groups excluding tert-OH is 1. The third-order valence-corrected chi connectivity index (χ3v) is 5.94. The third kappa shape index (κ3) is 3.46. The van der Waals surface area contributed by atoms with E-state index in [1.54, 1.807) is 27.9 Å². The van der Waals surface area contributed by atoms with E-state index < -0.39 is 11.6 Å². The maximum atomic E-state index is 14.4. The highest BCUT2D eigenvalue weighted by Gasteiger charge is 2.33. The zero-order valence-corrected chi connectivity index (χ0v) is 16.7. The first-order valence-electron chi connectivity index (χ1n) is 10.3. The topological polar surface area (TPSA) is 86.0 Å². The van der Waals surface area contributed by atoms with Crippen molar-refractivity contribution >= 4 is 23.2 Å². The van der Waals surface area contributed by atoms with Gasteiger partial charge in [-0.05, 0) is 43.5 Å². The molecule has 0 aliphatic carbocycles. The Kier molecular flexibility index (Phi) is 4.93. The second-order valence-corrected chi connectivity index (χ2v) is 7.87. The lowest BCUT2D eigenvalue weighted by Crippen LogP contribution is -2.29. The standard InChI is InChI=1S/C21H22F2N6O2/c22-13-3-4-16(23)15(10-13)17-2-1-7-27(17)19-5-8-29-20(26-19)18(11-24-29)28-12-14(6-9-30)25-21(28)31/h3-5,8,10-11,14,17,30H,1-2,6-7,9,12H2,(H,25,31)/t14?,17-/m1/s1. The van der Waals surface area contributed by atoms with Crippen molar-refractivity contribution in [3.8, 4) is 0 Å². The number of urea groups is 1. The molecule has 31 heavy (non-hydrogen) atoms. The molecule has 1 unspecified atom stereocenters. The van der Waals surface area contributed by atoms with Crippen LogP contribution in [0.15, 0.2) is 36.7 Å². The van der Waals surface area contributed by atoms with E-state index in [1.807, 2.05) is 4.90 Å². The van der Waals surface area contributed by atoms with Gasteiger partial charge in [-0.3, -0.25) is 4.90 Å². The Balaban J connectivity index is 1.49. The van der Waals surface area contributed by atoms with E-state index in [0.717, 1.165) is 18.6 Å². The Morgan fingerprint density at radius 1 is 1.26 bits per heavy atom. The summed E-state index contributed by atoms with van der Waals surface area (Å²) in [5.41, 5.74) is 1.38. The van der Waals surface area contributed by atoms with Crippen LogP contribution >= 0.6 is 0 Å². The molecule has 2 atom stereocenters. The number of hydrogen-bond donors (Lipinski definition) is 2. The van der Waals surface area contributed by atoms with Crippen LogP contribution in [0.25, 0.3) is 5.65 Å². The van der Waals surface area contributed by atoms with Gasteiger partial charge in [-0.25, -0.2) is 23.1 Å². The number of nitrogens with zero attached hydrogens (tertiary/aromatic N) is 5. The first kappa shape index (κ1) is 19.7. The number of nitrogens with one attached hydrogen (secondary N) is 1. The van der Waals surface area contributed by atoms with Gasteiger partial charge >= 0.3 is 6.03 Å². The molecule has 2 saturated heterocycles. The van der Waals surface area contributed by atoms with Gasteiger partial charge in [0.15, 0.2) is 5.65 Å². The maximum Gasteiger partial charge on any atom is 0.322 e. The molecule has 2 aromatic heterocycles. The van der Waals surface area contributed by atoms with Gasteiger partial charge in [0.1, 0.15) is 23.1 Å². The number of amides is 2. The van der Waals surface area contributed by atoms with E-state index in [4.69, 9.17) is 10.1 Å². The van der Waals surface area contributed by atoms with E-state index >= 15 is 0 Å². The first-order chi connectivity index (χ1) is 15.0. The Morgan fingerprint density at radius 3 is 2.97 bits per heavy atom. The number of carbonyl (C=O) groups is 1. The molecule has 2 N–H and O–H groups in total. The molecule has 2 fully saturated rings. The van der Waals surface area contributed by atoms with Gasteiger partial charge in [0, 0.05) is 31.5 Å². The van der Waals surface area contributed by atoms with Crippen LogP contribution < -0.4 is 15.1 Å². The van der Waals surface area contributed by atoms with Crippen LogP contribution in [0.4, 0.5) is 25.1 Å². The second kappa shape index (κ2) is 7.77. The number of rotatable bonds is 5. The summed E-state index contributed by atoms with van der Waals surface area (Å²) in [5.74, 6) is -0.290. The van der Waals surface area contributed by atoms with Gasteiger partial charge in [-0.15, -0.1) is 0 Å². The Labute approximate surface area is 177 Å². The van der Waals surface area contributed by atoms with Gasteiger partial charge in [0.05, 0.1) is 18.3 Å². The van der Waals surface area contributed by atoms with Gasteiger partial charge < -0.3 is 15.3 Å². The number of carbonyl (C=O) groups excluding carboxylic acids is 1. The van der Waals surface area contributed by atoms with Crippen molar-refractivity contribution < 1.29 is 18.7 Å². The van der Waals surface area contributed by atoms with Crippen LogP contribution in [-0.2, 0) is 0 Å². The van der Waals surface area contributed by atoms with E-state index in [9.17, 15) is 13.6 Å². The van der Waals surface area contributed by atoms with Crippen LogP contribution in [0.5, 0.6) is 0 Å². The van der Waals surface area contributed by atoms with Crippen molar-refractivity contribution in [2.45, 2.75) is 31.3 Å². The third-order valence-electron chi connectivity index (χ3n) is 5.94. The zero-order chi connectivity index (χ0) is 21.5. The van der Waals surface area contributed by atoms with E-state index in [0.29, 0.717) is 48.6 Å². The molecular formula is C21H22F2N6O2. The minimum absolute atomic E-state index is 0.0110. The molecule has 0 radical (unpaired) electrons. The van der Waals surface area contributed by atoms with Gasteiger partial charge in [-0.2, -0.15) is 5.10 Å². The maximum absolute atomic E-state index is 14.4. The van der Waals surface area contributed by atoms with Crippen molar-refractivity contribution in [2.24, 2.45) is 0 Å². The summed E-state index contributed by atoms with van der Waals surface area (Å²) in [4.78, 5) is 20.7. The molecule has 2 aliphatic heterocycles. The average molecular weight is 428 g/mol. The molecular weight excluding hydrogens is 406 g/mol. The van der Waals surface area contributed by atoms with Crippen LogP contribution in [0.3, 0.4) is 0 Å². The van der Waals surface area contributed by atoms with Crippen LogP contribution in [0.1, 0.15) is 30.9 Å². The number of anilines is 2. The van der Waals surface area contributed by atoms with Crippen molar-refractivity contribution in [2.75, 3.05) is 29.5 Å². The lowest BCUT2D eigenvalue weighted by Gasteiger charge is -2.26. The molecule has 5 rings (SSSR count). The predicted octanol–water partition coefficient (Wildman–Crippen LogP) is 2.63. The fourth-order valence-electron chi connectivity index (χ4n) is 4.46. The molecule has 2 aliphatic rings. The predicted molar refractivity (Wildman–Crippen MR) is 110 cm³/mol. The summed E-state index contributed by atoms with van der Waals surface area (Å²) in [5, 5.41) is 16.3. The largest absolute Gasteiger partial charge is 0.396 e. The van der Waals surface area contributed by atoms with Gasteiger partial charge in [-0.1, -0.05) is 0 Å². The SMILES string of the molecule is O=C1NC(CCO)CN1c1cnn2ccc(N3CCC[C@@H]3c3cc(F)ccc3F)nc12. The summed E-state index contributed by atoms with van der Waals surface area (Å²) in [6.07, 6.45) is 5.32. The zero-order valence-electron chi connectivity index (χ0n) is 16.7. The summed E-state index contributed by atoms with van der Waals surface area (Å²) < 4.78 is 29.8.